The summed E-state index contributed by atoms with van der Waals surface area (Å²) < 4.78 is 0. The van der Waals surface area contributed by atoms with Crippen molar-refractivity contribution in [1.29, 1.82) is 0 Å². The molecule has 1 aromatic rings. The predicted molar refractivity (Wildman–Crippen MR) is 49.2 cm³/mol. The van der Waals surface area contributed by atoms with Crippen LogP contribution in [0.3, 0.4) is 0 Å². The van der Waals surface area contributed by atoms with Crippen LogP contribution < -0.4 is 0 Å². The van der Waals surface area contributed by atoms with Crippen LogP contribution in [-0.2, 0) is 6.42 Å². The fourth-order valence-corrected chi connectivity index (χ4v) is 1.96. The molecule has 0 aliphatic carbocycles. The topological polar surface area (TPSA) is 12.9 Å². The van der Waals surface area contributed by atoms with Crippen LogP contribution in [-0.4, -0.2) is 10.3 Å². The summed E-state index contributed by atoms with van der Waals surface area (Å²) in [6.45, 7) is 0. The number of nitrogens with zero attached hydrogens (tertiary/aromatic N) is 1. The van der Waals surface area contributed by atoms with Gasteiger partial charge in [-0.2, -0.15) is 0 Å². The van der Waals surface area contributed by atoms with Crippen molar-refractivity contribution >= 4 is 38.9 Å². The third kappa shape index (κ3) is 2.22. The Kier molecular flexibility index (Phi) is 3.66. The van der Waals surface area contributed by atoms with Gasteiger partial charge in [0.15, 0.2) is 0 Å². The lowest BCUT2D eigenvalue weighted by molar-refractivity contribution is 0.955. The maximum Gasteiger partial charge on any atom is 0.143 e. The lowest BCUT2D eigenvalue weighted by atomic mass is 10.3. The number of halogens is 2. The van der Waals surface area contributed by atoms with E-state index in [2.05, 4.69) is 20.9 Å². The molecule has 0 aliphatic heterocycles. The van der Waals surface area contributed by atoms with Gasteiger partial charge < -0.3 is 0 Å². The summed E-state index contributed by atoms with van der Waals surface area (Å²) in [6.07, 6.45) is 2.16. The third-order valence-electron chi connectivity index (χ3n) is 1.13. The largest absolute Gasteiger partial charge is 0.233 e. The van der Waals surface area contributed by atoms with Crippen molar-refractivity contribution in [2.75, 3.05) is 5.33 Å². The number of alkyl halides is 1. The second-order valence-corrected chi connectivity index (χ2v) is 3.95. The Morgan fingerprint density at radius 3 is 3.00 bits per heavy atom. The highest BCUT2D eigenvalue weighted by atomic mass is 79.9. The molecule has 56 valence electrons. The lowest BCUT2D eigenvalue weighted by Gasteiger charge is -1.91. The van der Waals surface area contributed by atoms with E-state index in [1.165, 1.54) is 4.88 Å². The SMILES string of the molecule is Clc1ncsc1CCCBr. The Balaban J connectivity index is 2.49. The predicted octanol–water partition coefficient (Wildman–Crippen LogP) is 3.12. The van der Waals surface area contributed by atoms with Crippen molar-refractivity contribution < 1.29 is 0 Å². The minimum absolute atomic E-state index is 0.672. The van der Waals surface area contributed by atoms with Gasteiger partial charge in [0.2, 0.25) is 0 Å². The van der Waals surface area contributed by atoms with Crippen molar-refractivity contribution in [3.8, 4) is 0 Å². The minimum atomic E-state index is 0.672. The second kappa shape index (κ2) is 4.31. The molecule has 0 fully saturated rings. The van der Waals surface area contributed by atoms with E-state index >= 15 is 0 Å². The monoisotopic (exact) mass is 239 g/mol. The maximum absolute atomic E-state index is 5.76. The van der Waals surface area contributed by atoms with Gasteiger partial charge >= 0.3 is 0 Å². The zero-order valence-corrected chi connectivity index (χ0v) is 8.47. The molecule has 10 heavy (non-hydrogen) atoms. The molecule has 0 saturated heterocycles. The van der Waals surface area contributed by atoms with Crippen LogP contribution in [0.1, 0.15) is 11.3 Å². The normalized spacial score (nSPS) is 10.2. The first-order chi connectivity index (χ1) is 4.84. The Hall–Kier alpha value is 0.400. The summed E-state index contributed by atoms with van der Waals surface area (Å²) in [5.74, 6) is 0. The van der Waals surface area contributed by atoms with Crippen LogP contribution >= 0.6 is 38.9 Å². The van der Waals surface area contributed by atoms with E-state index < -0.39 is 0 Å². The molecule has 1 heterocycles. The van der Waals surface area contributed by atoms with Gasteiger partial charge in [0.05, 0.1) is 5.51 Å². The van der Waals surface area contributed by atoms with Crippen LogP contribution in [0.5, 0.6) is 0 Å². The summed E-state index contributed by atoms with van der Waals surface area (Å²) in [5.41, 5.74) is 1.78. The van der Waals surface area contributed by atoms with Crippen molar-refractivity contribution in [3.63, 3.8) is 0 Å². The van der Waals surface area contributed by atoms with Gasteiger partial charge in [-0.1, -0.05) is 27.5 Å². The molecule has 4 heteroatoms. The Morgan fingerprint density at radius 1 is 1.70 bits per heavy atom. The van der Waals surface area contributed by atoms with Crippen LogP contribution in [0.25, 0.3) is 0 Å². The molecule has 1 rings (SSSR count). The van der Waals surface area contributed by atoms with E-state index in [1.54, 1.807) is 16.8 Å². The van der Waals surface area contributed by atoms with Crippen LogP contribution in [0.4, 0.5) is 0 Å². The number of hydrogen-bond donors (Lipinski definition) is 0. The fraction of sp³-hybridized carbons (Fsp3) is 0.500. The van der Waals surface area contributed by atoms with Crippen molar-refractivity contribution in [3.05, 3.63) is 15.5 Å². The summed E-state index contributed by atoms with van der Waals surface area (Å²) in [6, 6.07) is 0. The second-order valence-electron chi connectivity index (χ2n) is 1.86. The smallest absolute Gasteiger partial charge is 0.143 e. The van der Waals surface area contributed by atoms with Gasteiger partial charge in [-0.15, -0.1) is 11.3 Å². The molecule has 0 aliphatic rings. The van der Waals surface area contributed by atoms with Crippen molar-refractivity contribution in [2.24, 2.45) is 0 Å². The van der Waals surface area contributed by atoms with Crippen molar-refractivity contribution in [2.45, 2.75) is 12.8 Å². The van der Waals surface area contributed by atoms with Gasteiger partial charge in [0.1, 0.15) is 5.15 Å². The van der Waals surface area contributed by atoms with Crippen molar-refractivity contribution in [1.82, 2.24) is 4.98 Å². The number of aryl methyl sites for hydroxylation is 1. The van der Waals surface area contributed by atoms with Gasteiger partial charge in [0, 0.05) is 10.2 Å². The van der Waals surface area contributed by atoms with E-state index in [9.17, 15) is 0 Å². The number of thiazole rings is 1. The first-order valence-electron chi connectivity index (χ1n) is 2.98. The standard InChI is InChI=1S/C6H7BrClNS/c7-3-1-2-5-6(8)9-4-10-5/h4H,1-3H2. The van der Waals surface area contributed by atoms with E-state index in [0.29, 0.717) is 5.15 Å². The van der Waals surface area contributed by atoms with Crippen LogP contribution in [0.2, 0.25) is 5.15 Å². The molecule has 1 nitrogen and oxygen atoms in total. The minimum Gasteiger partial charge on any atom is -0.233 e. The molecule has 0 bridgehead atoms. The molecular weight excluding hydrogens is 233 g/mol. The molecule has 0 saturated carbocycles. The highest BCUT2D eigenvalue weighted by molar-refractivity contribution is 9.09. The van der Waals surface area contributed by atoms with Crippen LogP contribution in [0.15, 0.2) is 5.51 Å². The van der Waals surface area contributed by atoms with Gasteiger partial charge in [-0.25, -0.2) is 4.98 Å². The third-order valence-corrected chi connectivity index (χ3v) is 3.02. The van der Waals surface area contributed by atoms with E-state index in [4.69, 9.17) is 11.6 Å². The number of hydrogen-bond acceptors (Lipinski definition) is 2. The van der Waals surface area contributed by atoms with E-state index in [-0.39, 0.29) is 0 Å². The van der Waals surface area contributed by atoms with Gasteiger partial charge in [-0.05, 0) is 12.8 Å². The first-order valence-corrected chi connectivity index (χ1v) is 5.36. The summed E-state index contributed by atoms with van der Waals surface area (Å²) in [7, 11) is 0. The number of aromatic nitrogens is 1. The Bertz CT molecular complexity index is 201. The highest BCUT2D eigenvalue weighted by Gasteiger charge is 2.00. The molecule has 0 radical (unpaired) electrons. The molecule has 0 spiro atoms. The number of rotatable bonds is 3. The fourth-order valence-electron chi connectivity index (χ4n) is 0.646. The van der Waals surface area contributed by atoms with Crippen LogP contribution in [0, 0.1) is 0 Å². The molecule has 0 aromatic carbocycles. The summed E-state index contributed by atoms with van der Waals surface area (Å²) in [5, 5.41) is 1.70. The first kappa shape index (κ1) is 8.50. The average Bonchev–Trinajstić information content (AvgIpc) is 2.31. The van der Waals surface area contributed by atoms with Gasteiger partial charge in [-0.3, -0.25) is 0 Å². The molecular formula is C6H7BrClNS. The summed E-state index contributed by atoms with van der Waals surface area (Å²) in [4.78, 5) is 5.13. The lowest BCUT2D eigenvalue weighted by Crippen LogP contribution is -1.81. The van der Waals surface area contributed by atoms with E-state index in [0.717, 1.165) is 18.2 Å². The van der Waals surface area contributed by atoms with Gasteiger partial charge in [0.25, 0.3) is 0 Å². The summed E-state index contributed by atoms with van der Waals surface area (Å²) >= 11 is 10.7. The average molecular weight is 241 g/mol. The quantitative estimate of drug-likeness (QED) is 0.740. The Morgan fingerprint density at radius 2 is 2.50 bits per heavy atom. The molecule has 0 amide bonds. The molecule has 0 N–H and O–H groups in total. The molecule has 1 aromatic heterocycles. The Labute approximate surface area is 77.6 Å². The van der Waals surface area contributed by atoms with E-state index in [1.807, 2.05) is 0 Å². The zero-order chi connectivity index (χ0) is 7.40. The highest BCUT2D eigenvalue weighted by Crippen LogP contribution is 2.19. The maximum atomic E-state index is 5.76. The molecule has 0 atom stereocenters. The zero-order valence-electron chi connectivity index (χ0n) is 5.31. The molecule has 0 unspecified atom stereocenters.